The number of nitrogens with zero attached hydrogens (tertiary/aromatic N) is 2. The minimum atomic E-state index is 0.486. The van der Waals surface area contributed by atoms with E-state index in [2.05, 4.69) is 34.3 Å². The molecule has 0 saturated heterocycles. The van der Waals surface area contributed by atoms with Gasteiger partial charge < -0.3 is 10.1 Å². The zero-order valence-corrected chi connectivity index (χ0v) is 11.6. The number of hydrogen-bond acceptors (Lipinski definition) is 4. The topological polar surface area (TPSA) is 47.0 Å². The number of anilines is 1. The van der Waals surface area contributed by atoms with Crippen molar-refractivity contribution >= 4 is 5.82 Å². The Morgan fingerprint density at radius 2 is 2.05 bits per heavy atom. The van der Waals surface area contributed by atoms with E-state index in [1.165, 1.54) is 5.56 Å². The van der Waals surface area contributed by atoms with Gasteiger partial charge in [-0.3, -0.25) is 0 Å². The molecule has 0 unspecified atom stereocenters. The van der Waals surface area contributed by atoms with Gasteiger partial charge in [0.25, 0.3) is 0 Å². The summed E-state index contributed by atoms with van der Waals surface area (Å²) in [7, 11) is 1.67. The van der Waals surface area contributed by atoms with Crippen LogP contribution in [0.1, 0.15) is 18.2 Å². The van der Waals surface area contributed by atoms with Crippen LogP contribution in [0.5, 0.6) is 0 Å². The van der Waals surface area contributed by atoms with Gasteiger partial charge in [0.05, 0.1) is 12.3 Å². The van der Waals surface area contributed by atoms with Crippen molar-refractivity contribution in [1.82, 2.24) is 9.97 Å². The van der Waals surface area contributed by atoms with E-state index in [1.807, 2.05) is 25.1 Å². The van der Waals surface area contributed by atoms with Crippen LogP contribution in [-0.2, 0) is 11.3 Å². The van der Waals surface area contributed by atoms with E-state index in [0.717, 1.165) is 29.4 Å². The first kappa shape index (κ1) is 13.5. The lowest BCUT2D eigenvalue weighted by molar-refractivity contribution is 0.181. The van der Waals surface area contributed by atoms with Crippen LogP contribution in [0, 0.1) is 6.92 Å². The van der Waals surface area contributed by atoms with Crippen molar-refractivity contribution in [2.45, 2.75) is 20.5 Å². The number of ether oxygens (including phenoxy) is 1. The lowest BCUT2D eigenvalue weighted by Gasteiger charge is -2.09. The van der Waals surface area contributed by atoms with E-state index >= 15 is 0 Å². The van der Waals surface area contributed by atoms with Gasteiger partial charge in [-0.05, 0) is 19.9 Å². The molecule has 4 heteroatoms. The molecule has 0 amide bonds. The Balaban J connectivity index is 2.43. The molecule has 0 bridgehead atoms. The van der Waals surface area contributed by atoms with Gasteiger partial charge in [0.15, 0.2) is 5.82 Å². The van der Waals surface area contributed by atoms with Crippen LogP contribution in [0.4, 0.5) is 5.82 Å². The first-order valence-electron chi connectivity index (χ1n) is 6.40. The highest BCUT2D eigenvalue weighted by atomic mass is 16.5. The number of methoxy groups -OCH3 is 1. The van der Waals surface area contributed by atoms with Gasteiger partial charge in [0.1, 0.15) is 5.82 Å². The zero-order valence-electron chi connectivity index (χ0n) is 11.6. The van der Waals surface area contributed by atoms with E-state index in [-0.39, 0.29) is 0 Å². The van der Waals surface area contributed by atoms with Crippen LogP contribution >= 0.6 is 0 Å². The van der Waals surface area contributed by atoms with E-state index in [4.69, 9.17) is 4.74 Å². The number of aryl methyl sites for hydroxylation is 1. The fourth-order valence-electron chi connectivity index (χ4n) is 1.90. The highest BCUT2D eigenvalue weighted by Crippen LogP contribution is 2.19. The molecule has 2 rings (SSSR count). The Morgan fingerprint density at radius 3 is 2.74 bits per heavy atom. The Labute approximate surface area is 113 Å². The van der Waals surface area contributed by atoms with Gasteiger partial charge >= 0.3 is 0 Å². The van der Waals surface area contributed by atoms with Crippen molar-refractivity contribution in [3.8, 4) is 11.4 Å². The average Bonchev–Trinajstić information content (AvgIpc) is 2.39. The molecule has 0 fully saturated rings. The second-order valence-corrected chi connectivity index (χ2v) is 4.40. The summed E-state index contributed by atoms with van der Waals surface area (Å²) in [6, 6.07) is 10.1. The van der Waals surface area contributed by atoms with Crippen LogP contribution in [0.15, 0.2) is 30.3 Å². The summed E-state index contributed by atoms with van der Waals surface area (Å²) in [5.41, 5.74) is 3.10. The third-order valence-corrected chi connectivity index (χ3v) is 2.71. The van der Waals surface area contributed by atoms with Crippen LogP contribution in [0.25, 0.3) is 11.4 Å². The minimum Gasteiger partial charge on any atom is -0.378 e. The Kier molecular flexibility index (Phi) is 4.47. The summed E-state index contributed by atoms with van der Waals surface area (Å²) >= 11 is 0. The van der Waals surface area contributed by atoms with E-state index in [0.29, 0.717) is 6.61 Å². The quantitative estimate of drug-likeness (QED) is 0.894. The maximum Gasteiger partial charge on any atom is 0.161 e. The highest BCUT2D eigenvalue weighted by Gasteiger charge is 2.06. The third kappa shape index (κ3) is 3.51. The molecule has 4 nitrogen and oxygen atoms in total. The summed E-state index contributed by atoms with van der Waals surface area (Å²) in [5.74, 6) is 1.57. The Bertz CT molecular complexity index is 531. The molecule has 0 aliphatic rings. The van der Waals surface area contributed by atoms with Gasteiger partial charge in [0.2, 0.25) is 0 Å². The maximum atomic E-state index is 5.16. The Hall–Kier alpha value is -1.94. The summed E-state index contributed by atoms with van der Waals surface area (Å²) in [5, 5.41) is 3.22. The first-order valence-corrected chi connectivity index (χ1v) is 6.40. The molecule has 100 valence electrons. The van der Waals surface area contributed by atoms with Crippen molar-refractivity contribution in [2.75, 3.05) is 19.0 Å². The molecule has 1 N–H and O–H groups in total. The molecular formula is C15H19N3O. The minimum absolute atomic E-state index is 0.486. The highest BCUT2D eigenvalue weighted by molar-refractivity contribution is 5.58. The number of nitrogens with one attached hydrogen (secondary N) is 1. The molecule has 0 aliphatic heterocycles. The van der Waals surface area contributed by atoms with Crippen molar-refractivity contribution in [3.05, 3.63) is 41.6 Å². The average molecular weight is 257 g/mol. The molecule has 1 heterocycles. The molecule has 0 saturated carbocycles. The largest absolute Gasteiger partial charge is 0.378 e. The maximum absolute atomic E-state index is 5.16. The predicted molar refractivity (Wildman–Crippen MR) is 77.1 cm³/mol. The van der Waals surface area contributed by atoms with E-state index < -0.39 is 0 Å². The molecule has 0 spiro atoms. The zero-order chi connectivity index (χ0) is 13.7. The molecule has 1 aromatic heterocycles. The number of hydrogen-bond donors (Lipinski definition) is 1. The normalized spacial score (nSPS) is 10.5. The lowest BCUT2D eigenvalue weighted by atomic mass is 10.1. The van der Waals surface area contributed by atoms with Crippen LogP contribution in [0.2, 0.25) is 0 Å². The summed E-state index contributed by atoms with van der Waals surface area (Å²) < 4.78 is 5.16. The van der Waals surface area contributed by atoms with Crippen molar-refractivity contribution < 1.29 is 4.74 Å². The van der Waals surface area contributed by atoms with Gasteiger partial charge in [-0.1, -0.05) is 23.8 Å². The molecule has 19 heavy (non-hydrogen) atoms. The lowest BCUT2D eigenvalue weighted by Crippen LogP contribution is -2.04. The molecule has 0 aliphatic carbocycles. The molecule has 0 radical (unpaired) electrons. The van der Waals surface area contributed by atoms with Crippen molar-refractivity contribution in [2.24, 2.45) is 0 Å². The van der Waals surface area contributed by atoms with Gasteiger partial charge in [-0.25, -0.2) is 9.97 Å². The Morgan fingerprint density at radius 1 is 1.21 bits per heavy atom. The van der Waals surface area contributed by atoms with Crippen LogP contribution in [0.3, 0.4) is 0 Å². The number of benzene rings is 1. The summed E-state index contributed by atoms with van der Waals surface area (Å²) in [6.45, 7) is 5.43. The molecule has 1 aromatic carbocycles. The fourth-order valence-corrected chi connectivity index (χ4v) is 1.90. The van der Waals surface area contributed by atoms with Crippen molar-refractivity contribution in [1.29, 1.82) is 0 Å². The fraction of sp³-hybridized carbons (Fsp3) is 0.333. The van der Waals surface area contributed by atoms with E-state index in [9.17, 15) is 0 Å². The van der Waals surface area contributed by atoms with Gasteiger partial charge in [-0.2, -0.15) is 0 Å². The van der Waals surface area contributed by atoms with Gasteiger partial charge in [-0.15, -0.1) is 0 Å². The van der Waals surface area contributed by atoms with E-state index in [1.54, 1.807) is 7.11 Å². The first-order chi connectivity index (χ1) is 9.22. The third-order valence-electron chi connectivity index (χ3n) is 2.71. The number of rotatable bonds is 5. The molecular weight excluding hydrogens is 238 g/mol. The summed E-state index contributed by atoms with van der Waals surface area (Å²) in [6.07, 6.45) is 0. The summed E-state index contributed by atoms with van der Waals surface area (Å²) in [4.78, 5) is 9.08. The SMILES string of the molecule is CCNc1cc(COC)nc(-c2cccc(C)c2)n1. The monoisotopic (exact) mass is 257 g/mol. The molecule has 2 aromatic rings. The van der Waals surface area contributed by atoms with Crippen LogP contribution in [-0.4, -0.2) is 23.6 Å². The second kappa shape index (κ2) is 6.29. The number of aromatic nitrogens is 2. The van der Waals surface area contributed by atoms with Crippen LogP contribution < -0.4 is 5.32 Å². The van der Waals surface area contributed by atoms with Gasteiger partial charge in [0, 0.05) is 25.3 Å². The smallest absolute Gasteiger partial charge is 0.161 e. The molecule has 0 atom stereocenters. The predicted octanol–water partition coefficient (Wildman–Crippen LogP) is 3.03. The standard InChI is InChI=1S/C15H19N3O/c1-4-16-14-9-13(10-19-3)17-15(18-14)12-7-5-6-11(2)8-12/h5-9H,4,10H2,1-3H3,(H,16,17,18). The second-order valence-electron chi connectivity index (χ2n) is 4.40. The van der Waals surface area contributed by atoms with Crippen molar-refractivity contribution in [3.63, 3.8) is 0 Å².